The van der Waals surface area contributed by atoms with Gasteiger partial charge in [-0.05, 0) is 19.1 Å². The number of nitrogens with zero attached hydrogens (tertiary/aromatic N) is 3. The maximum atomic E-state index is 4.43. The first-order chi connectivity index (χ1) is 8.70. The van der Waals surface area contributed by atoms with Gasteiger partial charge < -0.3 is 15.2 Å². The summed E-state index contributed by atoms with van der Waals surface area (Å²) < 4.78 is 0. The van der Waals surface area contributed by atoms with Crippen molar-refractivity contribution >= 4 is 30.1 Å². The van der Waals surface area contributed by atoms with Gasteiger partial charge >= 0.3 is 0 Å². The van der Waals surface area contributed by atoms with Crippen LogP contribution in [0.2, 0.25) is 0 Å². The Balaban J connectivity index is 2.24. The molecule has 0 atom stereocenters. The molecule has 0 aromatic carbocycles. The van der Waals surface area contributed by atoms with Crippen LogP contribution in [0.15, 0.2) is 24.4 Å². The second-order valence-corrected chi connectivity index (χ2v) is 4.37. The second kappa shape index (κ2) is 5.77. The molecule has 0 saturated carbocycles. The fourth-order valence-electron chi connectivity index (χ4n) is 1.65. The number of thiol groups is 1. The lowest BCUT2D eigenvalue weighted by atomic mass is 10.4. The first kappa shape index (κ1) is 12.8. The Hall–Kier alpha value is -1.69. The molecular formula is C12H17N5S. The van der Waals surface area contributed by atoms with Crippen LogP contribution in [0.25, 0.3) is 0 Å². The molecule has 0 aliphatic rings. The first-order valence-corrected chi connectivity index (χ1v) is 6.41. The van der Waals surface area contributed by atoms with Crippen LogP contribution in [0.5, 0.6) is 0 Å². The predicted molar refractivity (Wildman–Crippen MR) is 78.0 cm³/mol. The van der Waals surface area contributed by atoms with Crippen molar-refractivity contribution in [3.63, 3.8) is 0 Å². The van der Waals surface area contributed by atoms with E-state index in [1.165, 1.54) is 0 Å². The minimum atomic E-state index is 0.743. The van der Waals surface area contributed by atoms with E-state index in [1.54, 1.807) is 0 Å². The van der Waals surface area contributed by atoms with E-state index in [1.807, 2.05) is 43.3 Å². The van der Waals surface area contributed by atoms with Gasteiger partial charge in [-0.3, -0.25) is 0 Å². The van der Waals surface area contributed by atoms with Gasteiger partial charge in [-0.25, -0.2) is 9.97 Å². The molecule has 0 radical (unpaired) electrons. The lowest BCUT2D eigenvalue weighted by Crippen LogP contribution is -2.14. The maximum absolute atomic E-state index is 4.43. The smallest absolute Gasteiger partial charge is 0.139 e. The van der Waals surface area contributed by atoms with Crippen molar-refractivity contribution in [1.29, 1.82) is 0 Å². The van der Waals surface area contributed by atoms with Gasteiger partial charge in [0.05, 0.1) is 0 Å². The standard InChI is InChI=1S/C12H17N5S/c1-9-15-10(13-6-7-18)8-12(16-9)17(2)11-4-3-5-14-11/h3-5,8,14,18H,6-7H2,1-2H3,(H,13,15,16). The molecule has 2 aromatic heterocycles. The summed E-state index contributed by atoms with van der Waals surface area (Å²) in [5, 5.41) is 3.21. The molecule has 2 heterocycles. The Kier molecular flexibility index (Phi) is 4.09. The van der Waals surface area contributed by atoms with E-state index in [2.05, 4.69) is 32.9 Å². The zero-order chi connectivity index (χ0) is 13.0. The average Bonchev–Trinajstić information content (AvgIpc) is 2.88. The van der Waals surface area contributed by atoms with Crippen molar-refractivity contribution in [3.05, 3.63) is 30.2 Å². The molecule has 2 aromatic rings. The summed E-state index contributed by atoms with van der Waals surface area (Å²) in [7, 11) is 1.97. The summed E-state index contributed by atoms with van der Waals surface area (Å²) in [6.45, 7) is 2.67. The lowest BCUT2D eigenvalue weighted by Gasteiger charge is -2.17. The van der Waals surface area contributed by atoms with Gasteiger partial charge in [0.15, 0.2) is 0 Å². The number of aromatic nitrogens is 3. The van der Waals surface area contributed by atoms with Crippen LogP contribution >= 0.6 is 12.6 Å². The summed E-state index contributed by atoms with van der Waals surface area (Å²) in [6.07, 6.45) is 1.89. The second-order valence-electron chi connectivity index (χ2n) is 3.92. The van der Waals surface area contributed by atoms with Crippen LogP contribution in [0.3, 0.4) is 0 Å². The molecule has 5 nitrogen and oxygen atoms in total. The van der Waals surface area contributed by atoms with Crippen molar-refractivity contribution in [2.75, 3.05) is 29.6 Å². The third-order valence-corrected chi connectivity index (χ3v) is 2.75. The van der Waals surface area contributed by atoms with E-state index in [9.17, 15) is 0 Å². The molecule has 96 valence electrons. The van der Waals surface area contributed by atoms with Crippen LogP contribution in [0, 0.1) is 6.92 Å². The number of rotatable bonds is 5. The highest BCUT2D eigenvalue weighted by molar-refractivity contribution is 7.80. The number of aryl methyl sites for hydroxylation is 1. The van der Waals surface area contributed by atoms with E-state index < -0.39 is 0 Å². The minimum Gasteiger partial charge on any atom is -0.369 e. The summed E-state index contributed by atoms with van der Waals surface area (Å²) in [4.78, 5) is 13.9. The number of hydrogen-bond acceptors (Lipinski definition) is 5. The molecular weight excluding hydrogens is 246 g/mol. The van der Waals surface area contributed by atoms with Crippen molar-refractivity contribution in [2.24, 2.45) is 0 Å². The summed E-state index contributed by atoms with van der Waals surface area (Å²) in [6, 6.07) is 5.88. The quantitative estimate of drug-likeness (QED) is 0.724. The SMILES string of the molecule is Cc1nc(NCCS)cc(N(C)c2ccc[nH]2)n1. The average molecular weight is 263 g/mol. The lowest BCUT2D eigenvalue weighted by molar-refractivity contribution is 0.996. The fourth-order valence-corrected chi connectivity index (χ4v) is 1.76. The van der Waals surface area contributed by atoms with Crippen LogP contribution in [0.1, 0.15) is 5.82 Å². The van der Waals surface area contributed by atoms with Gasteiger partial charge in [0, 0.05) is 31.6 Å². The zero-order valence-electron chi connectivity index (χ0n) is 10.5. The zero-order valence-corrected chi connectivity index (χ0v) is 11.4. The molecule has 0 spiro atoms. The molecule has 0 aliphatic carbocycles. The molecule has 2 rings (SSSR count). The van der Waals surface area contributed by atoms with Gasteiger partial charge in [-0.1, -0.05) is 0 Å². The Bertz CT molecular complexity index is 497. The van der Waals surface area contributed by atoms with Crippen LogP contribution in [-0.2, 0) is 0 Å². The first-order valence-electron chi connectivity index (χ1n) is 5.78. The molecule has 0 fully saturated rings. The minimum absolute atomic E-state index is 0.743. The van der Waals surface area contributed by atoms with Crippen molar-refractivity contribution in [2.45, 2.75) is 6.92 Å². The van der Waals surface area contributed by atoms with Crippen LogP contribution in [-0.4, -0.2) is 34.3 Å². The van der Waals surface area contributed by atoms with Gasteiger partial charge in [0.2, 0.25) is 0 Å². The topological polar surface area (TPSA) is 56.8 Å². The molecule has 0 saturated heterocycles. The summed E-state index contributed by atoms with van der Waals surface area (Å²) in [5.74, 6) is 4.18. The Morgan fingerprint density at radius 3 is 2.94 bits per heavy atom. The van der Waals surface area contributed by atoms with Gasteiger partial charge in [0.1, 0.15) is 23.3 Å². The van der Waals surface area contributed by atoms with E-state index in [4.69, 9.17) is 0 Å². The third kappa shape index (κ3) is 2.95. The van der Waals surface area contributed by atoms with E-state index in [-0.39, 0.29) is 0 Å². The molecule has 0 aliphatic heterocycles. The van der Waals surface area contributed by atoms with Crippen LogP contribution in [0.4, 0.5) is 17.5 Å². The number of nitrogens with one attached hydrogen (secondary N) is 2. The highest BCUT2D eigenvalue weighted by Crippen LogP contribution is 2.21. The molecule has 18 heavy (non-hydrogen) atoms. The Morgan fingerprint density at radius 2 is 2.28 bits per heavy atom. The van der Waals surface area contributed by atoms with Crippen molar-refractivity contribution < 1.29 is 0 Å². The molecule has 0 unspecified atom stereocenters. The summed E-state index contributed by atoms with van der Waals surface area (Å²) in [5.41, 5.74) is 0. The highest BCUT2D eigenvalue weighted by Gasteiger charge is 2.08. The molecule has 6 heteroatoms. The van der Waals surface area contributed by atoms with Gasteiger partial charge in [-0.15, -0.1) is 0 Å². The van der Waals surface area contributed by atoms with Gasteiger partial charge in [-0.2, -0.15) is 12.6 Å². The maximum Gasteiger partial charge on any atom is 0.139 e. The highest BCUT2D eigenvalue weighted by atomic mass is 32.1. The summed E-state index contributed by atoms with van der Waals surface area (Å²) >= 11 is 4.17. The molecule has 0 amide bonds. The Labute approximate surface area is 112 Å². The third-order valence-electron chi connectivity index (χ3n) is 2.53. The predicted octanol–water partition coefficient (Wildman–Crippen LogP) is 2.22. The largest absolute Gasteiger partial charge is 0.369 e. The Morgan fingerprint density at radius 1 is 1.44 bits per heavy atom. The fraction of sp³-hybridized carbons (Fsp3) is 0.333. The number of aromatic amines is 1. The number of hydrogen-bond donors (Lipinski definition) is 3. The molecule has 2 N–H and O–H groups in total. The van der Waals surface area contributed by atoms with Crippen LogP contribution < -0.4 is 10.2 Å². The van der Waals surface area contributed by atoms with Crippen molar-refractivity contribution in [1.82, 2.24) is 15.0 Å². The normalized spacial score (nSPS) is 10.4. The number of anilines is 3. The van der Waals surface area contributed by atoms with Crippen molar-refractivity contribution in [3.8, 4) is 0 Å². The monoisotopic (exact) mass is 263 g/mol. The molecule has 0 bridgehead atoms. The van der Waals surface area contributed by atoms with E-state index in [0.717, 1.165) is 35.6 Å². The van der Waals surface area contributed by atoms with Gasteiger partial charge in [0.25, 0.3) is 0 Å². The van der Waals surface area contributed by atoms with E-state index >= 15 is 0 Å². The van der Waals surface area contributed by atoms with E-state index in [0.29, 0.717) is 0 Å². The number of H-pyrrole nitrogens is 1.